The number of hydrogen-bond donors (Lipinski definition) is 2. The standard InChI is InChI=1S/C15H24N2O2/c1-9-7-12(19-6)10(2)11(3)14(9)17-13(18)8-15(4,5)16/h7H,8,16H2,1-6H3,(H,17,18). The monoisotopic (exact) mass is 264 g/mol. The predicted octanol–water partition coefficient (Wildman–Crippen LogP) is 2.69. The first-order valence-electron chi connectivity index (χ1n) is 6.39. The molecule has 1 amide bonds. The van der Waals surface area contributed by atoms with Gasteiger partial charge in [-0.1, -0.05) is 0 Å². The van der Waals surface area contributed by atoms with E-state index in [0.29, 0.717) is 0 Å². The van der Waals surface area contributed by atoms with E-state index in [1.165, 1.54) is 0 Å². The smallest absolute Gasteiger partial charge is 0.226 e. The number of rotatable bonds is 4. The first-order valence-corrected chi connectivity index (χ1v) is 6.39. The zero-order valence-corrected chi connectivity index (χ0v) is 12.7. The van der Waals surface area contributed by atoms with Crippen molar-refractivity contribution in [2.24, 2.45) is 5.73 Å². The van der Waals surface area contributed by atoms with Crippen LogP contribution in [0.5, 0.6) is 5.75 Å². The maximum atomic E-state index is 12.0. The molecule has 0 heterocycles. The number of ether oxygens (including phenoxy) is 1. The second-order valence-electron chi connectivity index (χ2n) is 5.73. The van der Waals surface area contributed by atoms with E-state index in [1.807, 2.05) is 40.7 Å². The number of hydrogen-bond acceptors (Lipinski definition) is 3. The summed E-state index contributed by atoms with van der Waals surface area (Å²) in [7, 11) is 1.65. The Balaban J connectivity index is 3.03. The first kappa shape index (κ1) is 15.5. The average molecular weight is 264 g/mol. The number of nitrogens with two attached hydrogens (primary N) is 1. The molecule has 0 atom stereocenters. The van der Waals surface area contributed by atoms with Gasteiger partial charge in [0.2, 0.25) is 5.91 Å². The molecule has 4 heteroatoms. The molecule has 1 aromatic carbocycles. The van der Waals surface area contributed by atoms with Crippen molar-refractivity contribution >= 4 is 11.6 Å². The molecule has 1 rings (SSSR count). The number of carbonyl (C=O) groups excluding carboxylic acids is 1. The van der Waals surface area contributed by atoms with Crippen LogP contribution in [0.3, 0.4) is 0 Å². The fourth-order valence-electron chi connectivity index (χ4n) is 2.05. The molecule has 106 valence electrons. The highest BCUT2D eigenvalue weighted by molar-refractivity contribution is 5.93. The largest absolute Gasteiger partial charge is 0.496 e. The minimum atomic E-state index is -0.507. The fourth-order valence-corrected chi connectivity index (χ4v) is 2.05. The Hall–Kier alpha value is -1.55. The number of anilines is 1. The quantitative estimate of drug-likeness (QED) is 0.878. The van der Waals surface area contributed by atoms with Crippen molar-refractivity contribution in [3.05, 3.63) is 22.8 Å². The molecule has 19 heavy (non-hydrogen) atoms. The summed E-state index contributed by atoms with van der Waals surface area (Å²) >= 11 is 0. The molecule has 0 radical (unpaired) electrons. The van der Waals surface area contributed by atoms with Gasteiger partial charge in [0.1, 0.15) is 5.75 Å². The predicted molar refractivity (Wildman–Crippen MR) is 78.7 cm³/mol. The number of amides is 1. The highest BCUT2D eigenvalue weighted by Gasteiger charge is 2.18. The molecule has 0 aliphatic carbocycles. The third-order valence-electron chi connectivity index (χ3n) is 3.15. The van der Waals surface area contributed by atoms with Crippen LogP contribution < -0.4 is 15.8 Å². The molecule has 0 saturated heterocycles. The molecule has 0 bridgehead atoms. The maximum absolute atomic E-state index is 12.0. The summed E-state index contributed by atoms with van der Waals surface area (Å²) in [6.45, 7) is 9.60. The van der Waals surface area contributed by atoms with Crippen LogP contribution in [0.1, 0.15) is 37.0 Å². The van der Waals surface area contributed by atoms with Gasteiger partial charge in [0, 0.05) is 17.6 Å². The van der Waals surface area contributed by atoms with E-state index in [9.17, 15) is 4.79 Å². The van der Waals surface area contributed by atoms with Crippen LogP contribution in [0.15, 0.2) is 6.07 Å². The highest BCUT2D eigenvalue weighted by atomic mass is 16.5. The molecular formula is C15H24N2O2. The van der Waals surface area contributed by atoms with Crippen LogP contribution in [0.4, 0.5) is 5.69 Å². The Morgan fingerprint density at radius 2 is 1.89 bits per heavy atom. The van der Waals surface area contributed by atoms with Crippen molar-refractivity contribution in [1.82, 2.24) is 0 Å². The van der Waals surface area contributed by atoms with Gasteiger partial charge in [0.15, 0.2) is 0 Å². The molecule has 3 N–H and O–H groups in total. The lowest BCUT2D eigenvalue weighted by atomic mass is 10.00. The highest BCUT2D eigenvalue weighted by Crippen LogP contribution is 2.31. The van der Waals surface area contributed by atoms with Crippen molar-refractivity contribution in [3.63, 3.8) is 0 Å². The van der Waals surface area contributed by atoms with Crippen LogP contribution in [-0.2, 0) is 4.79 Å². The first-order chi connectivity index (χ1) is 8.65. The summed E-state index contributed by atoms with van der Waals surface area (Å²) in [5.41, 5.74) is 9.26. The van der Waals surface area contributed by atoms with Crippen molar-refractivity contribution in [1.29, 1.82) is 0 Å². The number of benzene rings is 1. The van der Waals surface area contributed by atoms with Gasteiger partial charge < -0.3 is 15.8 Å². The zero-order valence-electron chi connectivity index (χ0n) is 12.7. The van der Waals surface area contributed by atoms with Gasteiger partial charge in [-0.15, -0.1) is 0 Å². The van der Waals surface area contributed by atoms with Crippen molar-refractivity contribution < 1.29 is 9.53 Å². The van der Waals surface area contributed by atoms with Gasteiger partial charge in [-0.05, 0) is 57.4 Å². The zero-order chi connectivity index (χ0) is 14.8. The van der Waals surface area contributed by atoms with Gasteiger partial charge in [-0.2, -0.15) is 0 Å². The molecule has 0 aromatic heterocycles. The van der Waals surface area contributed by atoms with E-state index in [2.05, 4.69) is 5.32 Å². The lowest BCUT2D eigenvalue weighted by Gasteiger charge is -2.20. The minimum Gasteiger partial charge on any atom is -0.496 e. The van der Waals surface area contributed by atoms with Crippen molar-refractivity contribution in [2.45, 2.75) is 46.6 Å². The topological polar surface area (TPSA) is 64.3 Å². The number of nitrogens with one attached hydrogen (secondary N) is 1. The fraction of sp³-hybridized carbons (Fsp3) is 0.533. The van der Waals surface area contributed by atoms with Crippen LogP contribution in [0.2, 0.25) is 0 Å². The molecule has 4 nitrogen and oxygen atoms in total. The normalized spacial score (nSPS) is 11.3. The molecule has 0 saturated carbocycles. The maximum Gasteiger partial charge on any atom is 0.226 e. The van der Waals surface area contributed by atoms with Gasteiger partial charge in [0.05, 0.1) is 7.11 Å². The van der Waals surface area contributed by atoms with E-state index in [1.54, 1.807) is 7.11 Å². The van der Waals surface area contributed by atoms with Gasteiger partial charge in [0.25, 0.3) is 0 Å². The Morgan fingerprint density at radius 3 is 2.37 bits per heavy atom. The van der Waals surface area contributed by atoms with Crippen molar-refractivity contribution in [2.75, 3.05) is 12.4 Å². The van der Waals surface area contributed by atoms with Crippen LogP contribution in [-0.4, -0.2) is 18.6 Å². The number of aryl methyl sites for hydroxylation is 1. The summed E-state index contributed by atoms with van der Waals surface area (Å²) in [6.07, 6.45) is 0.289. The van der Waals surface area contributed by atoms with E-state index in [-0.39, 0.29) is 12.3 Å². The Kier molecular flexibility index (Phi) is 4.58. The summed E-state index contributed by atoms with van der Waals surface area (Å²) in [5.74, 6) is 0.774. The average Bonchev–Trinajstić information content (AvgIpc) is 2.27. The lowest BCUT2D eigenvalue weighted by Crippen LogP contribution is -2.36. The summed E-state index contributed by atoms with van der Waals surface area (Å²) < 4.78 is 5.31. The minimum absolute atomic E-state index is 0.0664. The van der Waals surface area contributed by atoms with E-state index in [4.69, 9.17) is 10.5 Å². The van der Waals surface area contributed by atoms with E-state index in [0.717, 1.165) is 28.1 Å². The Labute approximate surface area is 115 Å². The molecule has 1 aromatic rings. The third kappa shape index (κ3) is 3.96. The lowest BCUT2D eigenvalue weighted by molar-refractivity contribution is -0.117. The van der Waals surface area contributed by atoms with Crippen LogP contribution >= 0.6 is 0 Å². The van der Waals surface area contributed by atoms with E-state index < -0.39 is 5.54 Å². The Morgan fingerprint density at radius 1 is 1.32 bits per heavy atom. The molecule has 0 fully saturated rings. The molecule has 0 aliphatic heterocycles. The van der Waals surface area contributed by atoms with Crippen molar-refractivity contribution in [3.8, 4) is 5.75 Å². The third-order valence-corrected chi connectivity index (χ3v) is 3.15. The van der Waals surface area contributed by atoms with Gasteiger partial charge in [-0.25, -0.2) is 0 Å². The summed E-state index contributed by atoms with van der Waals surface area (Å²) in [6, 6.07) is 1.94. The summed E-state index contributed by atoms with van der Waals surface area (Å²) in [4.78, 5) is 12.0. The van der Waals surface area contributed by atoms with Crippen LogP contribution in [0, 0.1) is 20.8 Å². The van der Waals surface area contributed by atoms with Gasteiger partial charge in [-0.3, -0.25) is 4.79 Å². The van der Waals surface area contributed by atoms with E-state index >= 15 is 0 Å². The second-order valence-corrected chi connectivity index (χ2v) is 5.73. The van der Waals surface area contributed by atoms with Gasteiger partial charge >= 0.3 is 0 Å². The number of carbonyl (C=O) groups is 1. The molecule has 0 aliphatic rings. The summed E-state index contributed by atoms with van der Waals surface area (Å²) in [5, 5.41) is 2.95. The Bertz CT molecular complexity index is 488. The molecular weight excluding hydrogens is 240 g/mol. The number of methoxy groups -OCH3 is 1. The SMILES string of the molecule is COc1cc(C)c(NC(=O)CC(C)(C)N)c(C)c1C. The molecule has 0 unspecified atom stereocenters. The second kappa shape index (κ2) is 5.61. The van der Waals surface area contributed by atoms with Crippen LogP contribution in [0.25, 0.3) is 0 Å². The molecule has 0 spiro atoms.